The summed E-state index contributed by atoms with van der Waals surface area (Å²) in [5, 5.41) is 0. The number of piperidine rings is 1. The summed E-state index contributed by atoms with van der Waals surface area (Å²) in [4.78, 5) is 21.4. The number of halogens is 2. The molecule has 2 fully saturated rings. The Morgan fingerprint density at radius 1 is 1.40 bits per heavy atom. The van der Waals surface area contributed by atoms with E-state index in [1.807, 2.05) is 4.90 Å². The molecule has 2 saturated heterocycles. The van der Waals surface area contributed by atoms with Gasteiger partial charge < -0.3 is 29.6 Å². The number of imidazole rings is 1. The van der Waals surface area contributed by atoms with Crippen molar-refractivity contribution in [3.05, 3.63) is 24.0 Å². The molecule has 1 unspecified atom stereocenters. The van der Waals surface area contributed by atoms with E-state index in [2.05, 4.69) is 4.98 Å². The first-order chi connectivity index (χ1) is 14.5. The summed E-state index contributed by atoms with van der Waals surface area (Å²) in [6.45, 7) is 2.39. The summed E-state index contributed by atoms with van der Waals surface area (Å²) < 4.78 is 40.3. The molecular weight excluding hydrogens is 396 g/mol. The quantitative estimate of drug-likeness (QED) is 0.770. The predicted octanol–water partition coefficient (Wildman–Crippen LogP) is 0.925. The van der Waals surface area contributed by atoms with Gasteiger partial charge >= 0.3 is 0 Å². The number of carbonyl (C=O) groups excluding carboxylic acids is 1. The fourth-order valence-corrected chi connectivity index (χ4v) is 4.16. The maximum Gasteiger partial charge on any atom is 0.243 e. The van der Waals surface area contributed by atoms with Gasteiger partial charge in [0.05, 0.1) is 42.9 Å². The number of morpholine rings is 1. The molecule has 0 saturated carbocycles. The van der Waals surface area contributed by atoms with Crippen molar-refractivity contribution in [2.75, 3.05) is 51.5 Å². The van der Waals surface area contributed by atoms with E-state index in [1.165, 1.54) is 12.1 Å². The van der Waals surface area contributed by atoms with E-state index in [9.17, 15) is 13.6 Å². The average molecular weight is 423 g/mol. The van der Waals surface area contributed by atoms with Crippen molar-refractivity contribution in [3.63, 3.8) is 0 Å². The second kappa shape index (κ2) is 8.83. The fraction of sp³-hybridized carbons (Fsp3) is 0.600. The highest BCUT2D eigenvalue weighted by Crippen LogP contribution is 2.27. The van der Waals surface area contributed by atoms with E-state index in [0.29, 0.717) is 49.9 Å². The summed E-state index contributed by atoms with van der Waals surface area (Å²) in [6, 6.07) is 3.47. The van der Waals surface area contributed by atoms with Crippen molar-refractivity contribution in [2.45, 2.75) is 31.2 Å². The predicted molar refractivity (Wildman–Crippen MR) is 108 cm³/mol. The highest BCUT2D eigenvalue weighted by Gasteiger charge is 2.32. The van der Waals surface area contributed by atoms with Crippen LogP contribution < -0.4 is 10.6 Å². The van der Waals surface area contributed by atoms with Gasteiger partial charge in [0.2, 0.25) is 11.9 Å². The van der Waals surface area contributed by atoms with Gasteiger partial charge in [0.15, 0.2) is 0 Å². The van der Waals surface area contributed by atoms with Crippen LogP contribution in [-0.2, 0) is 20.8 Å². The molecule has 164 valence electrons. The number of benzene rings is 1. The van der Waals surface area contributed by atoms with Gasteiger partial charge in [-0.2, -0.15) is 0 Å². The van der Waals surface area contributed by atoms with Gasteiger partial charge in [0.1, 0.15) is 18.5 Å². The summed E-state index contributed by atoms with van der Waals surface area (Å²) >= 11 is 0. The number of nitrogens with two attached hydrogens (primary N) is 1. The molecule has 1 aromatic carbocycles. The molecule has 0 radical (unpaired) electrons. The first-order valence-electron chi connectivity index (χ1n) is 10.1. The number of aromatic nitrogens is 2. The number of alkyl halides is 1. The van der Waals surface area contributed by atoms with Gasteiger partial charge in [-0.3, -0.25) is 4.79 Å². The van der Waals surface area contributed by atoms with E-state index in [0.717, 1.165) is 0 Å². The van der Waals surface area contributed by atoms with Gasteiger partial charge in [-0.05, 0) is 24.6 Å². The van der Waals surface area contributed by atoms with Crippen molar-refractivity contribution >= 4 is 22.9 Å². The van der Waals surface area contributed by atoms with E-state index < -0.39 is 18.0 Å². The number of ether oxygens (including phenoxy) is 2. The molecule has 30 heavy (non-hydrogen) atoms. The molecule has 3 atom stereocenters. The second-order valence-electron chi connectivity index (χ2n) is 7.82. The Balaban J connectivity index is 1.66. The van der Waals surface area contributed by atoms with Crippen LogP contribution in [0.25, 0.3) is 11.0 Å². The first kappa shape index (κ1) is 21.0. The van der Waals surface area contributed by atoms with Crippen LogP contribution in [0.1, 0.15) is 6.42 Å². The van der Waals surface area contributed by atoms with Crippen molar-refractivity contribution in [1.82, 2.24) is 14.5 Å². The van der Waals surface area contributed by atoms with Gasteiger partial charge in [-0.25, -0.2) is 13.8 Å². The molecule has 2 aliphatic rings. The number of rotatable bonds is 5. The van der Waals surface area contributed by atoms with Crippen LogP contribution in [0.5, 0.6) is 0 Å². The van der Waals surface area contributed by atoms with Crippen molar-refractivity contribution < 1.29 is 23.0 Å². The Morgan fingerprint density at radius 3 is 3.00 bits per heavy atom. The van der Waals surface area contributed by atoms with Gasteiger partial charge in [-0.15, -0.1) is 0 Å². The van der Waals surface area contributed by atoms with Crippen molar-refractivity contribution in [1.29, 1.82) is 0 Å². The summed E-state index contributed by atoms with van der Waals surface area (Å²) in [7, 11) is 1.58. The van der Waals surface area contributed by atoms with E-state index in [1.54, 1.807) is 22.6 Å². The lowest BCUT2D eigenvalue weighted by atomic mass is 10.1. The molecule has 2 aromatic rings. The largest absolute Gasteiger partial charge is 0.382 e. The number of nitrogens with zero attached hydrogens (tertiary/aromatic N) is 4. The molecular formula is C20H27F2N5O3. The number of methoxy groups -OCH3 is 1. The van der Waals surface area contributed by atoms with Crippen LogP contribution in [0.4, 0.5) is 14.7 Å². The maximum absolute atomic E-state index is 14.0. The van der Waals surface area contributed by atoms with E-state index in [-0.39, 0.29) is 31.5 Å². The minimum absolute atomic E-state index is 0.0136. The molecule has 2 N–H and O–H groups in total. The SMILES string of the molecule is COCC1COCCN1C(=O)Cn1c(N2CC[C@@H](F)[C@H](N)C2)nc2ccc(F)cc21. The van der Waals surface area contributed by atoms with Crippen LogP contribution in [0.3, 0.4) is 0 Å². The van der Waals surface area contributed by atoms with Crippen molar-refractivity contribution in [2.24, 2.45) is 5.73 Å². The second-order valence-corrected chi connectivity index (χ2v) is 7.82. The molecule has 0 bridgehead atoms. The highest BCUT2D eigenvalue weighted by molar-refractivity contribution is 5.83. The molecule has 2 aliphatic heterocycles. The third kappa shape index (κ3) is 4.12. The first-order valence-corrected chi connectivity index (χ1v) is 10.1. The fourth-order valence-electron chi connectivity index (χ4n) is 4.16. The number of fused-ring (bicyclic) bond motifs is 1. The molecule has 0 aliphatic carbocycles. The number of carbonyl (C=O) groups is 1. The average Bonchev–Trinajstić information content (AvgIpc) is 3.08. The Morgan fingerprint density at radius 2 is 2.23 bits per heavy atom. The molecule has 0 spiro atoms. The molecule has 8 nitrogen and oxygen atoms in total. The van der Waals surface area contributed by atoms with Crippen LogP contribution in [0.15, 0.2) is 18.2 Å². The van der Waals surface area contributed by atoms with E-state index >= 15 is 0 Å². The maximum atomic E-state index is 14.0. The molecule has 4 rings (SSSR count). The lowest BCUT2D eigenvalue weighted by Crippen LogP contribution is -2.52. The topological polar surface area (TPSA) is 85.9 Å². The standard InChI is InChI=1S/C20H27F2N5O3/c1-29-11-14-12-30-7-6-26(14)19(28)10-27-18-8-13(21)2-3-17(18)24-20(27)25-5-4-15(22)16(23)9-25/h2-3,8,14-16H,4-7,9-12,23H2,1H3/t14?,15-,16-/m1/s1. The summed E-state index contributed by atoms with van der Waals surface area (Å²) in [5.41, 5.74) is 7.02. The lowest BCUT2D eigenvalue weighted by Gasteiger charge is -2.36. The third-order valence-corrected chi connectivity index (χ3v) is 5.74. The van der Waals surface area contributed by atoms with E-state index in [4.69, 9.17) is 15.2 Å². The Kier molecular flexibility index (Phi) is 6.16. The molecule has 3 heterocycles. The molecule has 1 aromatic heterocycles. The number of hydrogen-bond donors (Lipinski definition) is 1. The van der Waals surface area contributed by atoms with Gasteiger partial charge in [0, 0.05) is 26.7 Å². The Labute approximate surface area is 173 Å². The normalized spacial score (nSPS) is 25.1. The Hall–Kier alpha value is -2.30. The number of amides is 1. The minimum Gasteiger partial charge on any atom is -0.382 e. The number of anilines is 1. The Bertz CT molecular complexity index is 906. The summed E-state index contributed by atoms with van der Waals surface area (Å²) in [6.07, 6.45) is -0.784. The highest BCUT2D eigenvalue weighted by atomic mass is 19.1. The third-order valence-electron chi connectivity index (χ3n) is 5.74. The zero-order valence-corrected chi connectivity index (χ0v) is 17.0. The number of hydrogen-bond acceptors (Lipinski definition) is 6. The van der Waals surface area contributed by atoms with Crippen LogP contribution in [-0.4, -0.2) is 85.2 Å². The van der Waals surface area contributed by atoms with Gasteiger partial charge in [-0.1, -0.05) is 0 Å². The zero-order valence-electron chi connectivity index (χ0n) is 17.0. The lowest BCUT2D eigenvalue weighted by molar-refractivity contribution is -0.142. The van der Waals surface area contributed by atoms with Crippen molar-refractivity contribution in [3.8, 4) is 0 Å². The van der Waals surface area contributed by atoms with Crippen LogP contribution in [0.2, 0.25) is 0 Å². The van der Waals surface area contributed by atoms with Gasteiger partial charge in [0.25, 0.3) is 0 Å². The molecule has 1 amide bonds. The zero-order chi connectivity index (χ0) is 21.3. The molecule has 10 heteroatoms. The van der Waals surface area contributed by atoms with Crippen LogP contribution >= 0.6 is 0 Å². The monoisotopic (exact) mass is 423 g/mol. The smallest absolute Gasteiger partial charge is 0.243 e. The summed E-state index contributed by atoms with van der Waals surface area (Å²) in [5.74, 6) is -0.0388. The minimum atomic E-state index is -1.07. The van der Waals surface area contributed by atoms with Crippen LogP contribution in [0, 0.1) is 5.82 Å².